The maximum Gasteiger partial charge on any atom is 0.283 e. The number of aliphatic imine (C=N–C) groups is 1. The van der Waals surface area contributed by atoms with Gasteiger partial charge in [-0.15, -0.1) is 0 Å². The normalized spacial score (nSPS) is 25.7. The van der Waals surface area contributed by atoms with Crippen LogP contribution < -0.4 is 11.1 Å². The molecule has 1 aliphatic carbocycles. The Labute approximate surface area is 155 Å². The Hall–Kier alpha value is -3.11. The van der Waals surface area contributed by atoms with Crippen molar-refractivity contribution in [3.63, 3.8) is 0 Å². The predicted molar refractivity (Wildman–Crippen MR) is 88.0 cm³/mol. The second-order valence-electron chi connectivity index (χ2n) is 6.48. The number of carbonyl (C=O) groups is 1. The average Bonchev–Trinajstić information content (AvgIpc) is 3.27. The van der Waals surface area contributed by atoms with E-state index in [4.69, 9.17) is 14.9 Å². The number of amidine groups is 1. The highest BCUT2D eigenvalue weighted by Gasteiger charge is 2.64. The van der Waals surface area contributed by atoms with E-state index in [2.05, 4.69) is 15.3 Å². The van der Waals surface area contributed by atoms with Crippen molar-refractivity contribution in [2.45, 2.75) is 31.2 Å². The number of benzene rings is 1. The van der Waals surface area contributed by atoms with Gasteiger partial charge in [0.2, 0.25) is 5.89 Å². The first-order valence-corrected chi connectivity index (χ1v) is 8.27. The smallest absolute Gasteiger partial charge is 0.283 e. The molecule has 7 nitrogen and oxygen atoms in total. The van der Waals surface area contributed by atoms with E-state index < -0.39 is 54.0 Å². The summed E-state index contributed by atoms with van der Waals surface area (Å²) in [4.78, 5) is 19.6. The van der Waals surface area contributed by atoms with Crippen molar-refractivity contribution in [2.24, 2.45) is 16.6 Å². The SMILES string of the molecule is NC1=N[C@@](c2cc(NC(=O)c3coc(CF)n3)ccc2F)(C(F)F)[C@H]2C[C@H]2O1. The third-order valence-electron chi connectivity index (χ3n) is 4.75. The van der Waals surface area contributed by atoms with Crippen molar-refractivity contribution in [1.82, 2.24) is 4.98 Å². The summed E-state index contributed by atoms with van der Waals surface area (Å²) in [6, 6.07) is 2.79. The standard InChI is InChI=1S/C17H14F4N4O3/c18-5-13-24-11(6-27-13)14(26)23-7-1-2-10(19)8(3-7)17(15(20)21)9-4-12(9)28-16(22)25-17/h1-3,6,9,12,15H,4-5H2,(H2,22,25)(H,23,26)/t9-,12+,17+/m0/s1. The highest BCUT2D eigenvalue weighted by molar-refractivity contribution is 6.02. The number of amides is 1. The van der Waals surface area contributed by atoms with Crippen LogP contribution in [0.1, 0.15) is 28.4 Å². The number of halogens is 4. The Morgan fingerprint density at radius 1 is 1.43 bits per heavy atom. The molecule has 0 unspecified atom stereocenters. The lowest BCUT2D eigenvalue weighted by atomic mass is 9.84. The van der Waals surface area contributed by atoms with Crippen molar-refractivity contribution < 1.29 is 31.5 Å². The maximum atomic E-state index is 14.5. The molecule has 0 bridgehead atoms. The molecular formula is C17H14F4N4O3. The second-order valence-corrected chi connectivity index (χ2v) is 6.48. The summed E-state index contributed by atoms with van der Waals surface area (Å²) >= 11 is 0. The minimum absolute atomic E-state index is 0.0312. The van der Waals surface area contributed by atoms with Crippen molar-refractivity contribution in [2.75, 3.05) is 5.32 Å². The van der Waals surface area contributed by atoms with E-state index >= 15 is 0 Å². The van der Waals surface area contributed by atoms with Crippen LogP contribution in [0.4, 0.5) is 23.2 Å². The summed E-state index contributed by atoms with van der Waals surface area (Å²) in [5.41, 5.74) is 2.74. The van der Waals surface area contributed by atoms with Crippen LogP contribution in [0.15, 0.2) is 33.9 Å². The molecular weight excluding hydrogens is 384 g/mol. The van der Waals surface area contributed by atoms with E-state index in [0.717, 1.165) is 18.4 Å². The van der Waals surface area contributed by atoms with Crippen LogP contribution in [0.2, 0.25) is 0 Å². The number of nitrogens with zero attached hydrogens (tertiary/aromatic N) is 2. The number of ether oxygens (including phenoxy) is 1. The van der Waals surface area contributed by atoms with E-state index in [1.165, 1.54) is 6.07 Å². The molecule has 2 aromatic rings. The molecule has 0 radical (unpaired) electrons. The van der Waals surface area contributed by atoms with Crippen LogP contribution in [0.5, 0.6) is 0 Å². The summed E-state index contributed by atoms with van der Waals surface area (Å²) < 4.78 is 65.0. The molecule has 2 aliphatic rings. The Bertz CT molecular complexity index is 964. The highest BCUT2D eigenvalue weighted by atomic mass is 19.3. The Morgan fingerprint density at radius 3 is 2.89 bits per heavy atom. The van der Waals surface area contributed by atoms with Crippen LogP contribution in [0.3, 0.4) is 0 Å². The minimum Gasteiger partial charge on any atom is -0.462 e. The highest BCUT2D eigenvalue weighted by Crippen LogP contribution is 2.56. The maximum absolute atomic E-state index is 14.5. The minimum atomic E-state index is -3.05. The summed E-state index contributed by atoms with van der Waals surface area (Å²) in [6.45, 7) is -0.991. The first-order chi connectivity index (χ1) is 13.3. The zero-order chi connectivity index (χ0) is 20.1. The molecule has 0 saturated heterocycles. The average molecular weight is 398 g/mol. The van der Waals surface area contributed by atoms with Gasteiger partial charge in [0.05, 0.1) is 0 Å². The summed E-state index contributed by atoms with van der Waals surface area (Å²) in [5, 5.41) is 2.39. The zero-order valence-electron chi connectivity index (χ0n) is 14.2. The largest absolute Gasteiger partial charge is 0.462 e. The lowest BCUT2D eigenvalue weighted by Gasteiger charge is -2.33. The molecule has 148 valence electrons. The number of hydrogen-bond donors (Lipinski definition) is 2. The number of nitrogens with one attached hydrogen (secondary N) is 1. The van der Waals surface area contributed by atoms with E-state index in [9.17, 15) is 22.4 Å². The molecule has 2 heterocycles. The molecule has 1 fully saturated rings. The van der Waals surface area contributed by atoms with Crippen LogP contribution in [-0.4, -0.2) is 29.4 Å². The topological polar surface area (TPSA) is 103 Å². The Balaban J connectivity index is 1.69. The van der Waals surface area contributed by atoms with E-state index in [-0.39, 0.29) is 23.7 Å². The first kappa shape index (κ1) is 18.3. The van der Waals surface area contributed by atoms with Crippen LogP contribution in [-0.2, 0) is 17.0 Å². The first-order valence-electron chi connectivity index (χ1n) is 8.27. The fraction of sp³-hybridized carbons (Fsp3) is 0.353. The molecule has 1 aliphatic heterocycles. The molecule has 1 aromatic heterocycles. The van der Waals surface area contributed by atoms with Crippen molar-refractivity contribution in [1.29, 1.82) is 0 Å². The number of anilines is 1. The molecule has 0 spiro atoms. The van der Waals surface area contributed by atoms with Crippen LogP contribution in [0.25, 0.3) is 0 Å². The number of fused-ring (bicyclic) bond motifs is 1. The van der Waals surface area contributed by atoms with Gasteiger partial charge in [0.15, 0.2) is 17.9 Å². The summed E-state index contributed by atoms with van der Waals surface area (Å²) in [6.07, 6.45) is -2.39. The number of carbonyl (C=O) groups excluding carboxylic acids is 1. The van der Waals surface area contributed by atoms with Gasteiger partial charge in [-0.25, -0.2) is 27.5 Å². The van der Waals surface area contributed by atoms with Gasteiger partial charge >= 0.3 is 0 Å². The van der Waals surface area contributed by atoms with Gasteiger partial charge in [-0.05, 0) is 24.6 Å². The molecule has 1 saturated carbocycles. The fourth-order valence-corrected chi connectivity index (χ4v) is 3.38. The van der Waals surface area contributed by atoms with Gasteiger partial charge in [-0.2, -0.15) is 0 Å². The predicted octanol–water partition coefficient (Wildman–Crippen LogP) is 2.73. The van der Waals surface area contributed by atoms with Gasteiger partial charge in [0, 0.05) is 17.2 Å². The molecule has 3 N–H and O–H groups in total. The lowest BCUT2D eigenvalue weighted by molar-refractivity contribution is 0.0177. The number of nitrogens with two attached hydrogens (primary N) is 1. The molecule has 1 aromatic carbocycles. The summed E-state index contributed by atoms with van der Waals surface area (Å²) in [5.74, 6) is -2.70. The number of hydrogen-bond acceptors (Lipinski definition) is 6. The van der Waals surface area contributed by atoms with Gasteiger partial charge in [0.25, 0.3) is 18.4 Å². The molecule has 4 rings (SSSR count). The fourth-order valence-electron chi connectivity index (χ4n) is 3.38. The van der Waals surface area contributed by atoms with Crippen LogP contribution >= 0.6 is 0 Å². The Kier molecular flexibility index (Phi) is 4.24. The number of aromatic nitrogens is 1. The second kappa shape index (κ2) is 6.50. The molecule has 28 heavy (non-hydrogen) atoms. The molecule has 11 heteroatoms. The van der Waals surface area contributed by atoms with Gasteiger partial charge < -0.3 is 20.2 Å². The van der Waals surface area contributed by atoms with Gasteiger partial charge in [-0.3, -0.25) is 4.79 Å². The van der Waals surface area contributed by atoms with E-state index in [0.29, 0.717) is 0 Å². The zero-order valence-corrected chi connectivity index (χ0v) is 14.2. The van der Waals surface area contributed by atoms with Gasteiger partial charge in [-0.1, -0.05) is 0 Å². The Morgan fingerprint density at radius 2 is 2.21 bits per heavy atom. The molecule has 3 atom stereocenters. The number of rotatable bonds is 5. The monoisotopic (exact) mass is 398 g/mol. The van der Waals surface area contributed by atoms with E-state index in [1.807, 2.05) is 0 Å². The number of oxazole rings is 1. The van der Waals surface area contributed by atoms with Gasteiger partial charge in [0.1, 0.15) is 18.2 Å². The lowest BCUT2D eigenvalue weighted by Crippen LogP contribution is -2.43. The van der Waals surface area contributed by atoms with Crippen molar-refractivity contribution in [3.05, 3.63) is 47.4 Å². The van der Waals surface area contributed by atoms with E-state index in [1.54, 1.807) is 0 Å². The summed E-state index contributed by atoms with van der Waals surface area (Å²) in [7, 11) is 0. The van der Waals surface area contributed by atoms with Crippen molar-refractivity contribution in [3.8, 4) is 0 Å². The number of alkyl halides is 3. The third kappa shape index (κ3) is 2.86. The molecule has 1 amide bonds. The van der Waals surface area contributed by atoms with Crippen molar-refractivity contribution >= 4 is 17.6 Å². The quantitative estimate of drug-likeness (QED) is 0.754. The van der Waals surface area contributed by atoms with Crippen LogP contribution in [0, 0.1) is 11.7 Å². The third-order valence-corrected chi connectivity index (χ3v) is 4.75.